The number of fused-ring (bicyclic) bond motifs is 1. The maximum atomic E-state index is 10.9. The zero-order valence-corrected chi connectivity index (χ0v) is 13.5. The number of carbonyl (C=O) groups excluding carboxylic acids is 1. The number of aliphatic hydroxyl groups excluding tert-OH is 1. The number of rotatable bonds is 5. The van der Waals surface area contributed by atoms with Gasteiger partial charge < -0.3 is 10.4 Å². The van der Waals surface area contributed by atoms with E-state index in [0.717, 1.165) is 36.7 Å². The van der Waals surface area contributed by atoms with Gasteiger partial charge in [0.1, 0.15) is 11.4 Å². The maximum absolute atomic E-state index is 10.9. The minimum atomic E-state index is -0.609. The Hall–Kier alpha value is -1.75. The molecule has 23 heavy (non-hydrogen) atoms. The Morgan fingerprint density at radius 1 is 1.35 bits per heavy atom. The Labute approximate surface area is 140 Å². The average molecular weight is 331 g/mol. The van der Waals surface area contributed by atoms with E-state index in [1.165, 1.54) is 11.1 Å². The van der Waals surface area contributed by atoms with Crippen LogP contribution in [0.3, 0.4) is 0 Å². The van der Waals surface area contributed by atoms with Crippen molar-refractivity contribution in [2.45, 2.75) is 31.4 Å². The van der Waals surface area contributed by atoms with Crippen molar-refractivity contribution in [3.63, 3.8) is 0 Å². The van der Waals surface area contributed by atoms with Gasteiger partial charge in [-0.05, 0) is 42.5 Å². The smallest absolute Gasteiger partial charge is 0.150 e. The second-order valence-corrected chi connectivity index (χ2v) is 6.31. The van der Waals surface area contributed by atoms with Crippen LogP contribution in [0.1, 0.15) is 39.6 Å². The van der Waals surface area contributed by atoms with Crippen LogP contribution in [0, 0.1) is 0 Å². The first-order valence-corrected chi connectivity index (χ1v) is 8.13. The lowest BCUT2D eigenvalue weighted by atomic mass is 9.87. The summed E-state index contributed by atoms with van der Waals surface area (Å²) in [5.41, 5.74) is 4.01. The van der Waals surface area contributed by atoms with E-state index in [0.29, 0.717) is 17.7 Å². The third-order valence-electron chi connectivity index (χ3n) is 4.33. The molecule has 0 radical (unpaired) electrons. The van der Waals surface area contributed by atoms with E-state index in [2.05, 4.69) is 10.3 Å². The second kappa shape index (κ2) is 7.21. The van der Waals surface area contributed by atoms with Gasteiger partial charge in [0.15, 0.2) is 0 Å². The number of benzene rings is 1. The monoisotopic (exact) mass is 330 g/mol. The van der Waals surface area contributed by atoms with Gasteiger partial charge in [-0.3, -0.25) is 4.79 Å². The molecule has 120 valence electrons. The largest absolute Gasteiger partial charge is 0.387 e. The number of aromatic nitrogens is 1. The Bertz CT molecular complexity index is 688. The first-order valence-electron chi connectivity index (χ1n) is 7.75. The number of hydrogen-bond donors (Lipinski definition) is 2. The van der Waals surface area contributed by atoms with Gasteiger partial charge in [0.2, 0.25) is 0 Å². The lowest BCUT2D eigenvalue weighted by Crippen LogP contribution is -2.37. The highest BCUT2D eigenvalue weighted by molar-refractivity contribution is 6.29. The summed E-state index contributed by atoms with van der Waals surface area (Å²) in [4.78, 5) is 14.9. The number of aryl methyl sites for hydroxylation is 1. The van der Waals surface area contributed by atoms with Crippen LogP contribution in [-0.2, 0) is 12.8 Å². The first-order chi connectivity index (χ1) is 11.2. The standard InChI is InChI=1S/C18H19ClN2O2/c19-18-6-4-14(9-21-18)17(23)10-20-16-5-3-13-2-1-12(11-22)7-15(13)8-16/h1-2,4,6-7,9,11,16-17,20,23H,3,5,8,10H2/t16-,17-/m0/s1. The molecule has 0 unspecified atom stereocenters. The van der Waals surface area contributed by atoms with Crippen molar-refractivity contribution in [1.29, 1.82) is 0 Å². The summed E-state index contributed by atoms with van der Waals surface area (Å²) in [6, 6.07) is 9.65. The molecule has 1 aromatic heterocycles. The van der Waals surface area contributed by atoms with Crippen LogP contribution in [-0.4, -0.2) is 29.0 Å². The number of aldehydes is 1. The van der Waals surface area contributed by atoms with Crippen molar-refractivity contribution < 1.29 is 9.90 Å². The molecule has 2 atom stereocenters. The molecule has 0 saturated heterocycles. The van der Waals surface area contributed by atoms with Gasteiger partial charge in [0, 0.05) is 29.9 Å². The molecule has 1 heterocycles. The van der Waals surface area contributed by atoms with Crippen LogP contribution in [0.25, 0.3) is 0 Å². The Balaban J connectivity index is 1.59. The summed E-state index contributed by atoms with van der Waals surface area (Å²) in [6.45, 7) is 0.469. The van der Waals surface area contributed by atoms with E-state index in [-0.39, 0.29) is 0 Å². The number of carbonyl (C=O) groups is 1. The normalized spacial score (nSPS) is 18.3. The SMILES string of the molecule is O=Cc1ccc2c(c1)C[C@@H](NC[C@H](O)c1ccc(Cl)nc1)CC2. The van der Waals surface area contributed by atoms with E-state index in [4.69, 9.17) is 11.6 Å². The molecule has 0 amide bonds. The predicted molar refractivity (Wildman–Crippen MR) is 89.9 cm³/mol. The maximum Gasteiger partial charge on any atom is 0.150 e. The number of aliphatic hydroxyl groups is 1. The van der Waals surface area contributed by atoms with E-state index < -0.39 is 6.10 Å². The number of pyridine rings is 1. The van der Waals surface area contributed by atoms with Gasteiger partial charge in [-0.2, -0.15) is 0 Å². The van der Waals surface area contributed by atoms with Crippen LogP contribution in [0.4, 0.5) is 0 Å². The van der Waals surface area contributed by atoms with E-state index in [9.17, 15) is 9.90 Å². The van der Waals surface area contributed by atoms with E-state index in [1.807, 2.05) is 18.2 Å². The quantitative estimate of drug-likeness (QED) is 0.653. The fourth-order valence-corrected chi connectivity index (χ4v) is 3.12. The van der Waals surface area contributed by atoms with Gasteiger partial charge >= 0.3 is 0 Å². The molecule has 2 N–H and O–H groups in total. The molecule has 4 nitrogen and oxygen atoms in total. The summed E-state index contributed by atoms with van der Waals surface area (Å²) >= 11 is 5.75. The minimum absolute atomic E-state index is 0.305. The van der Waals surface area contributed by atoms with Crippen molar-refractivity contribution in [2.75, 3.05) is 6.54 Å². The molecule has 2 aromatic rings. The topological polar surface area (TPSA) is 62.2 Å². The lowest BCUT2D eigenvalue weighted by Gasteiger charge is -2.27. The zero-order valence-electron chi connectivity index (χ0n) is 12.7. The average Bonchev–Trinajstić information content (AvgIpc) is 2.59. The molecule has 1 aliphatic carbocycles. The van der Waals surface area contributed by atoms with Crippen LogP contribution in [0.2, 0.25) is 5.15 Å². The van der Waals surface area contributed by atoms with Gasteiger partial charge in [-0.25, -0.2) is 4.98 Å². The summed E-state index contributed by atoms with van der Waals surface area (Å²) in [5, 5.41) is 14.1. The highest BCUT2D eigenvalue weighted by Crippen LogP contribution is 2.23. The van der Waals surface area contributed by atoms with Crippen LogP contribution in [0.15, 0.2) is 36.5 Å². The van der Waals surface area contributed by atoms with Gasteiger partial charge in [-0.1, -0.05) is 29.8 Å². The molecular formula is C18H19ClN2O2. The van der Waals surface area contributed by atoms with Gasteiger partial charge in [-0.15, -0.1) is 0 Å². The van der Waals surface area contributed by atoms with E-state index >= 15 is 0 Å². The lowest BCUT2D eigenvalue weighted by molar-refractivity contribution is 0.112. The van der Waals surface area contributed by atoms with Crippen molar-refractivity contribution in [2.24, 2.45) is 0 Å². The number of nitrogens with one attached hydrogen (secondary N) is 1. The minimum Gasteiger partial charge on any atom is -0.387 e. The van der Waals surface area contributed by atoms with Crippen molar-refractivity contribution >= 4 is 17.9 Å². The zero-order chi connectivity index (χ0) is 16.2. The molecule has 5 heteroatoms. The number of nitrogens with zero attached hydrogens (tertiary/aromatic N) is 1. The fourth-order valence-electron chi connectivity index (χ4n) is 3.01. The first kappa shape index (κ1) is 16.1. The third kappa shape index (κ3) is 3.96. The van der Waals surface area contributed by atoms with Crippen molar-refractivity contribution in [3.8, 4) is 0 Å². The summed E-state index contributed by atoms with van der Waals surface area (Å²) in [7, 11) is 0. The molecule has 1 aromatic carbocycles. The van der Waals surface area contributed by atoms with Crippen LogP contribution in [0.5, 0.6) is 0 Å². The second-order valence-electron chi connectivity index (χ2n) is 5.92. The summed E-state index contributed by atoms with van der Waals surface area (Å²) in [5.74, 6) is 0. The summed E-state index contributed by atoms with van der Waals surface area (Å²) in [6.07, 6.45) is 4.77. The molecule has 0 bridgehead atoms. The Kier molecular flexibility index (Phi) is 5.06. The number of hydrogen-bond acceptors (Lipinski definition) is 4. The Morgan fingerprint density at radius 2 is 2.22 bits per heavy atom. The summed E-state index contributed by atoms with van der Waals surface area (Å²) < 4.78 is 0. The predicted octanol–water partition coefficient (Wildman–Crippen LogP) is 2.73. The highest BCUT2D eigenvalue weighted by Gasteiger charge is 2.19. The van der Waals surface area contributed by atoms with Gasteiger partial charge in [0.05, 0.1) is 6.10 Å². The van der Waals surface area contributed by atoms with Crippen molar-refractivity contribution in [3.05, 3.63) is 63.9 Å². The molecule has 3 rings (SSSR count). The Morgan fingerprint density at radius 3 is 2.96 bits per heavy atom. The number of halogens is 1. The third-order valence-corrected chi connectivity index (χ3v) is 4.55. The molecule has 0 aliphatic heterocycles. The molecule has 1 aliphatic rings. The molecule has 0 saturated carbocycles. The van der Waals surface area contributed by atoms with Gasteiger partial charge in [0.25, 0.3) is 0 Å². The van der Waals surface area contributed by atoms with Crippen molar-refractivity contribution in [1.82, 2.24) is 10.3 Å². The highest BCUT2D eigenvalue weighted by atomic mass is 35.5. The molecular weight excluding hydrogens is 312 g/mol. The van der Waals surface area contributed by atoms with Crippen LogP contribution < -0.4 is 5.32 Å². The molecule has 0 spiro atoms. The fraction of sp³-hybridized carbons (Fsp3) is 0.333. The van der Waals surface area contributed by atoms with E-state index in [1.54, 1.807) is 18.3 Å². The molecule has 0 fully saturated rings. The van der Waals surface area contributed by atoms with Crippen LogP contribution >= 0.6 is 11.6 Å².